The third-order valence-electron chi connectivity index (χ3n) is 5.69. The first-order valence-corrected chi connectivity index (χ1v) is 16.4. The predicted molar refractivity (Wildman–Crippen MR) is 153 cm³/mol. The highest BCUT2D eigenvalue weighted by molar-refractivity contribution is 7.98. The molecule has 1 aromatic heterocycles. The minimum Gasteiger partial charge on any atom is -0.334 e. The highest BCUT2D eigenvalue weighted by Crippen LogP contribution is 2.28. The fourth-order valence-corrected chi connectivity index (χ4v) is 7.00. The summed E-state index contributed by atoms with van der Waals surface area (Å²) in [5, 5.41) is 7.24. The number of carbonyl (C=O) groups excluding carboxylic acids is 1. The van der Waals surface area contributed by atoms with Crippen molar-refractivity contribution in [3.05, 3.63) is 98.7 Å². The number of carbonyl (C=O) groups is 1. The number of benzene rings is 3. The number of sulfonamides is 1. The second-order valence-electron chi connectivity index (χ2n) is 8.09. The van der Waals surface area contributed by atoms with Crippen LogP contribution in [0.2, 0.25) is 0 Å². The second-order valence-corrected chi connectivity index (χ2v) is 13.3. The van der Waals surface area contributed by atoms with Crippen molar-refractivity contribution in [3.8, 4) is 11.1 Å². The van der Waals surface area contributed by atoms with Crippen LogP contribution in [-0.4, -0.2) is 32.0 Å². The molecule has 0 spiro atoms. The summed E-state index contributed by atoms with van der Waals surface area (Å²) in [6.45, 7) is 0.940. The molecular weight excluding hydrogens is 549 g/mol. The lowest BCUT2D eigenvalue weighted by atomic mass is 10.1. The molecule has 0 aliphatic carbocycles. The smallest absolute Gasteiger partial charge is 0.254 e. The van der Waals surface area contributed by atoms with E-state index in [2.05, 4.69) is 12.1 Å². The molecule has 2 N–H and O–H groups in total. The number of hydrogen-bond donors (Lipinski definition) is 1. The second kappa shape index (κ2) is 11.8. The Labute approximate surface area is 228 Å². The number of nitrogens with two attached hydrogens (primary N) is 1. The Bertz CT molecular complexity index is 1490. The van der Waals surface area contributed by atoms with Crippen molar-refractivity contribution in [3.63, 3.8) is 0 Å². The quantitative estimate of drug-likeness (QED) is 0.141. The van der Waals surface area contributed by atoms with Crippen LogP contribution in [0, 0.1) is 3.82 Å². The Kier molecular flexibility index (Phi) is 8.76. The molecule has 0 fully saturated rings. The highest BCUT2D eigenvalue weighted by Gasteiger charge is 2.17. The third-order valence-corrected chi connectivity index (χ3v) is 10.0. The van der Waals surface area contributed by atoms with Crippen molar-refractivity contribution in [1.29, 1.82) is 0 Å². The largest absolute Gasteiger partial charge is 0.334 e. The van der Waals surface area contributed by atoms with Crippen LogP contribution in [0.3, 0.4) is 0 Å². The average Bonchev–Trinajstić information content (AvgIpc) is 3.32. The number of thioether (sulfide) groups is 1. The Morgan fingerprint density at radius 2 is 1.61 bits per heavy atom. The summed E-state index contributed by atoms with van der Waals surface area (Å²) in [5.74, 6) is -0.0663. The van der Waals surface area contributed by atoms with Gasteiger partial charge in [-0.05, 0) is 65.8 Å². The van der Waals surface area contributed by atoms with Crippen molar-refractivity contribution in [2.45, 2.75) is 22.8 Å². The Morgan fingerprint density at radius 1 is 0.972 bits per heavy atom. The summed E-state index contributed by atoms with van der Waals surface area (Å²) in [6.07, 6.45) is 2.61. The van der Waals surface area contributed by atoms with Gasteiger partial charge in [0.25, 0.3) is 5.91 Å². The van der Waals surface area contributed by atoms with Gasteiger partial charge in [-0.1, -0.05) is 69.3 Å². The first-order valence-electron chi connectivity index (χ1n) is 11.0. The normalized spacial score (nSPS) is 11.4. The van der Waals surface area contributed by atoms with E-state index in [-0.39, 0.29) is 10.8 Å². The molecule has 36 heavy (non-hydrogen) atoms. The summed E-state index contributed by atoms with van der Waals surface area (Å²) < 4.78 is 23.9. The van der Waals surface area contributed by atoms with Crippen LogP contribution < -0.4 is 5.14 Å². The zero-order valence-corrected chi connectivity index (χ0v) is 23.5. The number of nitrogens with zero attached hydrogens (tertiary/aromatic N) is 1. The molecule has 10 heteroatoms. The van der Waals surface area contributed by atoms with E-state index in [4.69, 9.17) is 17.4 Å². The van der Waals surface area contributed by atoms with E-state index < -0.39 is 10.0 Å². The maximum Gasteiger partial charge on any atom is 0.254 e. The SMILES string of the molecule is CSc1ccc(CN(CCc2ccc(S(N)(=O)=O)cc2)C(=O)c2ccc(-c3cssc3=S)cc2)cc1. The van der Waals surface area contributed by atoms with Gasteiger partial charge in [0.1, 0.15) is 3.82 Å². The first kappa shape index (κ1) is 26.7. The number of rotatable bonds is 9. The molecule has 186 valence electrons. The molecule has 1 amide bonds. The lowest BCUT2D eigenvalue weighted by molar-refractivity contribution is 0.0745. The van der Waals surface area contributed by atoms with Gasteiger partial charge in [-0.15, -0.1) is 11.8 Å². The molecule has 1 heterocycles. The lowest BCUT2D eigenvalue weighted by Crippen LogP contribution is -2.32. The van der Waals surface area contributed by atoms with Crippen LogP contribution >= 0.6 is 44.7 Å². The zero-order valence-electron chi connectivity index (χ0n) is 19.4. The molecule has 0 aliphatic rings. The molecule has 0 aliphatic heterocycles. The van der Waals surface area contributed by atoms with E-state index in [0.717, 1.165) is 31.0 Å². The fourth-order valence-electron chi connectivity index (χ4n) is 3.68. The standard InChI is InChI=1S/C26H24N2O3S5/c1-33-22-10-2-19(3-11-22)16-28(15-14-18-4-12-23(13-5-18)36(27,30)31)25(29)21-8-6-20(7-9-21)24-17-34-35-26(24)32/h2-13,17H,14-16H2,1H3,(H2,27,30,31). The Balaban J connectivity index is 1.55. The van der Waals surface area contributed by atoms with Gasteiger partial charge in [0.2, 0.25) is 10.0 Å². The van der Waals surface area contributed by atoms with Crippen molar-refractivity contribution in [2.75, 3.05) is 12.8 Å². The van der Waals surface area contributed by atoms with Gasteiger partial charge in [-0.25, -0.2) is 13.6 Å². The van der Waals surface area contributed by atoms with Crippen molar-refractivity contribution in [2.24, 2.45) is 5.14 Å². The molecule has 4 rings (SSSR count). The summed E-state index contributed by atoms with van der Waals surface area (Å²) in [6, 6.07) is 22.2. The fraction of sp³-hybridized carbons (Fsp3) is 0.154. The maximum atomic E-state index is 13.6. The van der Waals surface area contributed by atoms with E-state index in [1.54, 1.807) is 44.6 Å². The number of primary sulfonamides is 1. The van der Waals surface area contributed by atoms with Crippen molar-refractivity contribution >= 4 is 60.6 Å². The summed E-state index contributed by atoms with van der Waals surface area (Å²) in [5.41, 5.74) is 4.59. The zero-order chi connectivity index (χ0) is 25.7. The van der Waals surface area contributed by atoms with Crippen LogP contribution in [-0.2, 0) is 23.0 Å². The summed E-state index contributed by atoms with van der Waals surface area (Å²) in [4.78, 5) is 16.6. The van der Waals surface area contributed by atoms with Crippen LogP contribution in [0.15, 0.2) is 88.0 Å². The topological polar surface area (TPSA) is 80.5 Å². The maximum absolute atomic E-state index is 13.6. The molecule has 3 aromatic carbocycles. The van der Waals surface area contributed by atoms with Gasteiger partial charge in [0.15, 0.2) is 0 Å². The van der Waals surface area contributed by atoms with E-state index >= 15 is 0 Å². The molecule has 0 saturated heterocycles. The van der Waals surface area contributed by atoms with Gasteiger partial charge in [-0.2, -0.15) is 0 Å². The minimum atomic E-state index is -3.74. The van der Waals surface area contributed by atoms with Gasteiger partial charge in [0.05, 0.1) is 4.90 Å². The lowest BCUT2D eigenvalue weighted by Gasteiger charge is -2.23. The van der Waals surface area contributed by atoms with Crippen LogP contribution in [0.5, 0.6) is 0 Å². The van der Waals surface area contributed by atoms with Gasteiger partial charge < -0.3 is 4.90 Å². The molecular formula is C26H24N2O3S5. The monoisotopic (exact) mass is 572 g/mol. The van der Waals surface area contributed by atoms with E-state index in [1.165, 1.54) is 12.1 Å². The molecule has 0 unspecified atom stereocenters. The van der Waals surface area contributed by atoms with Gasteiger partial charge in [-0.3, -0.25) is 4.79 Å². The molecule has 5 nitrogen and oxygen atoms in total. The van der Waals surface area contributed by atoms with Crippen LogP contribution in [0.4, 0.5) is 0 Å². The molecule has 0 saturated carbocycles. The molecule has 0 bridgehead atoms. The van der Waals surface area contributed by atoms with Crippen molar-refractivity contribution < 1.29 is 13.2 Å². The molecule has 0 radical (unpaired) electrons. The first-order chi connectivity index (χ1) is 17.2. The van der Waals surface area contributed by atoms with E-state index in [0.29, 0.717) is 25.1 Å². The minimum absolute atomic E-state index is 0.0663. The van der Waals surface area contributed by atoms with Gasteiger partial charge in [0, 0.05) is 34.5 Å². The summed E-state index contributed by atoms with van der Waals surface area (Å²) in [7, 11) is -0.569. The summed E-state index contributed by atoms with van der Waals surface area (Å²) >= 11 is 7.08. The van der Waals surface area contributed by atoms with Crippen LogP contribution in [0.25, 0.3) is 11.1 Å². The Hall–Kier alpha value is -2.34. The van der Waals surface area contributed by atoms with Crippen molar-refractivity contribution in [1.82, 2.24) is 4.90 Å². The average molecular weight is 573 g/mol. The third kappa shape index (κ3) is 6.70. The van der Waals surface area contributed by atoms with E-state index in [1.807, 2.05) is 52.9 Å². The number of hydrogen-bond acceptors (Lipinski definition) is 7. The molecule has 4 aromatic rings. The van der Waals surface area contributed by atoms with Gasteiger partial charge >= 0.3 is 0 Å². The predicted octanol–water partition coefficient (Wildman–Crippen LogP) is 6.46. The number of amides is 1. The highest BCUT2D eigenvalue weighted by atomic mass is 32.9. The Morgan fingerprint density at radius 3 is 2.17 bits per heavy atom. The molecule has 0 atom stereocenters. The van der Waals surface area contributed by atoms with E-state index in [9.17, 15) is 13.2 Å². The van der Waals surface area contributed by atoms with Crippen LogP contribution in [0.1, 0.15) is 21.5 Å².